The van der Waals surface area contributed by atoms with E-state index in [1.165, 1.54) is 10.4 Å². The topological polar surface area (TPSA) is 21.3 Å². The number of thiophene rings is 1. The Labute approximate surface area is 129 Å². The summed E-state index contributed by atoms with van der Waals surface area (Å²) in [6.45, 7) is 5.87. The van der Waals surface area contributed by atoms with E-state index in [1.54, 1.807) is 11.3 Å². The van der Waals surface area contributed by atoms with Crippen molar-refractivity contribution < 1.29 is 4.74 Å². The molecule has 1 atom stereocenters. The van der Waals surface area contributed by atoms with Crippen molar-refractivity contribution in [3.8, 4) is 5.75 Å². The van der Waals surface area contributed by atoms with Gasteiger partial charge in [0.1, 0.15) is 5.75 Å². The molecule has 0 aliphatic heterocycles. The fourth-order valence-corrected chi connectivity index (χ4v) is 3.24. The van der Waals surface area contributed by atoms with Crippen molar-refractivity contribution in [3.05, 3.63) is 51.2 Å². The van der Waals surface area contributed by atoms with Crippen molar-refractivity contribution in [2.45, 2.75) is 26.3 Å². The minimum Gasteiger partial charge on any atom is -0.494 e. The summed E-state index contributed by atoms with van der Waals surface area (Å²) >= 11 is 7.67. The number of nitrogens with one attached hydrogen (secondary N) is 1. The van der Waals surface area contributed by atoms with Crippen LogP contribution < -0.4 is 10.1 Å². The van der Waals surface area contributed by atoms with Crippen molar-refractivity contribution in [1.82, 2.24) is 5.32 Å². The lowest BCUT2D eigenvalue weighted by molar-refractivity contribution is 0.317. The molecule has 2 nitrogen and oxygen atoms in total. The average molecular weight is 310 g/mol. The smallest absolute Gasteiger partial charge is 0.119 e. The molecule has 2 aromatic rings. The Bertz CT molecular complexity index is 541. The van der Waals surface area contributed by atoms with Crippen LogP contribution in [-0.2, 0) is 0 Å². The quantitative estimate of drug-likeness (QED) is 0.786. The van der Waals surface area contributed by atoms with Crippen LogP contribution in [0.1, 0.15) is 36.8 Å². The van der Waals surface area contributed by atoms with E-state index >= 15 is 0 Å². The lowest BCUT2D eigenvalue weighted by Gasteiger charge is -2.18. The number of rotatable bonds is 7. The molecule has 1 N–H and O–H groups in total. The van der Waals surface area contributed by atoms with Gasteiger partial charge in [0.05, 0.1) is 17.0 Å². The highest BCUT2D eigenvalue weighted by atomic mass is 35.5. The molecular weight excluding hydrogens is 290 g/mol. The highest BCUT2D eigenvalue weighted by molar-refractivity contribution is 7.16. The SMILES string of the molecule is CCCOc1cccc(C(NCC)c2ccc(Cl)s2)c1. The van der Waals surface area contributed by atoms with Gasteiger partial charge >= 0.3 is 0 Å². The Morgan fingerprint density at radius 1 is 1.25 bits per heavy atom. The highest BCUT2D eigenvalue weighted by Crippen LogP contribution is 2.32. The van der Waals surface area contributed by atoms with E-state index < -0.39 is 0 Å². The van der Waals surface area contributed by atoms with E-state index in [2.05, 4.69) is 37.4 Å². The van der Waals surface area contributed by atoms with Gasteiger partial charge in [0.25, 0.3) is 0 Å². The molecule has 1 aromatic carbocycles. The largest absolute Gasteiger partial charge is 0.494 e. The lowest BCUT2D eigenvalue weighted by Crippen LogP contribution is -2.21. The number of hydrogen-bond acceptors (Lipinski definition) is 3. The van der Waals surface area contributed by atoms with Crippen molar-refractivity contribution >= 4 is 22.9 Å². The molecule has 108 valence electrons. The van der Waals surface area contributed by atoms with Gasteiger partial charge in [-0.2, -0.15) is 0 Å². The molecule has 4 heteroatoms. The van der Waals surface area contributed by atoms with Crippen molar-refractivity contribution in [2.24, 2.45) is 0 Å². The van der Waals surface area contributed by atoms with Gasteiger partial charge < -0.3 is 10.1 Å². The number of benzene rings is 1. The summed E-state index contributed by atoms with van der Waals surface area (Å²) in [5, 5.41) is 3.51. The zero-order valence-electron chi connectivity index (χ0n) is 11.9. The molecule has 20 heavy (non-hydrogen) atoms. The van der Waals surface area contributed by atoms with Gasteiger partial charge in [0.15, 0.2) is 0 Å². The molecule has 1 aromatic heterocycles. The van der Waals surface area contributed by atoms with E-state index in [9.17, 15) is 0 Å². The zero-order chi connectivity index (χ0) is 14.4. The summed E-state index contributed by atoms with van der Waals surface area (Å²) in [6, 6.07) is 12.5. The Morgan fingerprint density at radius 2 is 2.10 bits per heavy atom. The lowest BCUT2D eigenvalue weighted by atomic mass is 10.1. The van der Waals surface area contributed by atoms with E-state index in [-0.39, 0.29) is 6.04 Å². The van der Waals surface area contributed by atoms with Gasteiger partial charge in [-0.05, 0) is 42.8 Å². The van der Waals surface area contributed by atoms with Crippen molar-refractivity contribution in [2.75, 3.05) is 13.2 Å². The van der Waals surface area contributed by atoms with Crippen LogP contribution in [0.15, 0.2) is 36.4 Å². The van der Waals surface area contributed by atoms with E-state index in [4.69, 9.17) is 16.3 Å². The van der Waals surface area contributed by atoms with E-state index in [0.717, 1.165) is 29.7 Å². The number of halogens is 1. The predicted molar refractivity (Wildman–Crippen MR) is 87.1 cm³/mol. The summed E-state index contributed by atoms with van der Waals surface area (Å²) in [4.78, 5) is 1.23. The first-order chi connectivity index (χ1) is 9.74. The Morgan fingerprint density at radius 3 is 2.75 bits per heavy atom. The minimum atomic E-state index is 0.169. The Balaban J connectivity index is 2.24. The molecular formula is C16H20ClNOS. The first-order valence-corrected chi connectivity index (χ1v) is 8.15. The van der Waals surface area contributed by atoms with E-state index in [1.807, 2.05) is 18.2 Å². The number of hydrogen-bond donors (Lipinski definition) is 1. The molecule has 2 rings (SSSR count). The Hall–Kier alpha value is -1.03. The average Bonchev–Trinajstić information content (AvgIpc) is 2.89. The second-order valence-electron chi connectivity index (χ2n) is 4.55. The molecule has 0 aliphatic rings. The first-order valence-electron chi connectivity index (χ1n) is 6.96. The van der Waals surface area contributed by atoms with Crippen LogP contribution in [-0.4, -0.2) is 13.2 Å². The molecule has 0 aliphatic carbocycles. The fourth-order valence-electron chi connectivity index (χ4n) is 2.07. The van der Waals surface area contributed by atoms with Crippen molar-refractivity contribution in [1.29, 1.82) is 0 Å². The molecule has 0 amide bonds. The van der Waals surface area contributed by atoms with Crippen LogP contribution in [0.4, 0.5) is 0 Å². The standard InChI is InChI=1S/C16H20ClNOS/c1-3-10-19-13-7-5-6-12(11-13)16(18-4-2)14-8-9-15(17)20-14/h5-9,11,16,18H,3-4,10H2,1-2H3. The fraction of sp³-hybridized carbons (Fsp3) is 0.375. The van der Waals surface area contributed by atoms with Crippen LogP contribution >= 0.6 is 22.9 Å². The summed E-state index contributed by atoms with van der Waals surface area (Å²) in [7, 11) is 0. The third-order valence-corrected chi connectivity index (χ3v) is 4.25. The summed E-state index contributed by atoms with van der Waals surface area (Å²) < 4.78 is 6.54. The second-order valence-corrected chi connectivity index (χ2v) is 6.30. The molecule has 0 saturated carbocycles. The van der Waals surface area contributed by atoms with Gasteiger partial charge in [0.2, 0.25) is 0 Å². The maximum absolute atomic E-state index is 6.06. The summed E-state index contributed by atoms with van der Waals surface area (Å²) in [5.74, 6) is 0.926. The molecule has 0 spiro atoms. The zero-order valence-corrected chi connectivity index (χ0v) is 13.4. The molecule has 0 saturated heterocycles. The van der Waals surface area contributed by atoms with Crippen LogP contribution in [0.25, 0.3) is 0 Å². The van der Waals surface area contributed by atoms with Gasteiger partial charge in [-0.3, -0.25) is 0 Å². The Kier molecular flexibility index (Phi) is 5.89. The third kappa shape index (κ3) is 3.98. The summed E-state index contributed by atoms with van der Waals surface area (Å²) in [5.41, 5.74) is 1.21. The van der Waals surface area contributed by atoms with Gasteiger partial charge in [-0.25, -0.2) is 0 Å². The van der Waals surface area contributed by atoms with Gasteiger partial charge in [-0.15, -0.1) is 11.3 Å². The molecule has 1 unspecified atom stereocenters. The second kappa shape index (κ2) is 7.67. The van der Waals surface area contributed by atoms with Crippen LogP contribution in [0.5, 0.6) is 5.75 Å². The van der Waals surface area contributed by atoms with Crippen LogP contribution in [0, 0.1) is 0 Å². The monoisotopic (exact) mass is 309 g/mol. The molecule has 0 fully saturated rings. The first kappa shape index (κ1) is 15.4. The third-order valence-electron chi connectivity index (χ3n) is 2.95. The molecule has 0 radical (unpaired) electrons. The summed E-state index contributed by atoms with van der Waals surface area (Å²) in [6.07, 6.45) is 1.02. The van der Waals surface area contributed by atoms with Gasteiger partial charge in [0, 0.05) is 4.88 Å². The van der Waals surface area contributed by atoms with Crippen LogP contribution in [0.2, 0.25) is 4.34 Å². The van der Waals surface area contributed by atoms with Gasteiger partial charge in [-0.1, -0.05) is 37.6 Å². The number of ether oxygens (including phenoxy) is 1. The molecule has 1 heterocycles. The predicted octanol–water partition coefficient (Wildman–Crippen LogP) is 4.89. The highest BCUT2D eigenvalue weighted by Gasteiger charge is 2.15. The van der Waals surface area contributed by atoms with Crippen LogP contribution in [0.3, 0.4) is 0 Å². The normalized spacial score (nSPS) is 12.3. The molecule has 0 bridgehead atoms. The van der Waals surface area contributed by atoms with E-state index in [0.29, 0.717) is 0 Å². The maximum atomic E-state index is 6.06. The minimum absolute atomic E-state index is 0.169. The maximum Gasteiger partial charge on any atom is 0.119 e. The van der Waals surface area contributed by atoms with Crippen molar-refractivity contribution in [3.63, 3.8) is 0 Å².